The molecule has 5 heteroatoms. The first-order valence-electron chi connectivity index (χ1n) is 3.47. The lowest BCUT2D eigenvalue weighted by atomic mass is 10.1. The second-order valence-corrected chi connectivity index (χ2v) is 3.22. The molecule has 0 radical (unpaired) electrons. The lowest BCUT2D eigenvalue weighted by Crippen LogP contribution is -2.14. The zero-order chi connectivity index (χ0) is 9.14. The first-order valence-corrected chi connectivity index (χ1v) is 4.22. The van der Waals surface area contributed by atoms with Crippen LogP contribution in [0.4, 0.5) is 0 Å². The van der Waals surface area contributed by atoms with Gasteiger partial charge in [-0.25, -0.2) is 0 Å². The van der Waals surface area contributed by atoms with Gasteiger partial charge in [0, 0.05) is 0 Å². The van der Waals surface area contributed by atoms with Crippen molar-refractivity contribution in [1.82, 2.24) is 0 Å². The first-order chi connectivity index (χ1) is 5.66. The smallest absolute Gasteiger partial charge is 0.0640 e. The predicted molar refractivity (Wildman–Crippen MR) is 57.7 cm³/mol. The van der Waals surface area contributed by atoms with E-state index < -0.39 is 6.04 Å². The minimum atomic E-state index is -0.462. The van der Waals surface area contributed by atoms with Gasteiger partial charge in [0.25, 0.3) is 0 Å². The Bertz CT molecular complexity index is 280. The van der Waals surface area contributed by atoms with Crippen LogP contribution < -0.4 is 5.73 Å². The van der Waals surface area contributed by atoms with Crippen LogP contribution in [0.25, 0.3) is 0 Å². The van der Waals surface area contributed by atoms with Gasteiger partial charge in [0.05, 0.1) is 22.7 Å². The molecule has 0 saturated heterocycles. The third-order valence-corrected chi connectivity index (χ3v) is 2.41. The molecular formula is C8H10Cl3NO. The van der Waals surface area contributed by atoms with Gasteiger partial charge < -0.3 is 10.8 Å². The second kappa shape index (κ2) is 5.68. The summed E-state index contributed by atoms with van der Waals surface area (Å²) in [5, 5.41) is 9.65. The van der Waals surface area contributed by atoms with Crippen molar-refractivity contribution in [3.8, 4) is 0 Å². The highest BCUT2D eigenvalue weighted by atomic mass is 35.5. The van der Waals surface area contributed by atoms with E-state index in [1.165, 1.54) is 0 Å². The molecule has 1 atom stereocenters. The third kappa shape index (κ3) is 3.01. The van der Waals surface area contributed by atoms with Gasteiger partial charge in [0.15, 0.2) is 0 Å². The summed E-state index contributed by atoms with van der Waals surface area (Å²) in [7, 11) is 0. The summed E-state index contributed by atoms with van der Waals surface area (Å²) in [5.41, 5.74) is 6.24. The monoisotopic (exact) mass is 241 g/mol. The molecule has 2 nitrogen and oxygen atoms in total. The normalized spacial score (nSPS) is 12.0. The summed E-state index contributed by atoms with van der Waals surface area (Å²) in [6, 6.07) is 4.71. The number of halogens is 3. The van der Waals surface area contributed by atoms with Gasteiger partial charge in [-0.3, -0.25) is 0 Å². The van der Waals surface area contributed by atoms with Gasteiger partial charge in [-0.15, -0.1) is 12.4 Å². The number of hydrogen-bond donors (Lipinski definition) is 2. The molecule has 0 amide bonds. The summed E-state index contributed by atoms with van der Waals surface area (Å²) in [4.78, 5) is 0. The van der Waals surface area contributed by atoms with Crippen LogP contribution in [-0.2, 0) is 0 Å². The number of rotatable bonds is 2. The topological polar surface area (TPSA) is 46.2 Å². The molecule has 0 aliphatic rings. The lowest BCUT2D eigenvalue weighted by Gasteiger charge is -2.10. The summed E-state index contributed by atoms with van der Waals surface area (Å²) < 4.78 is 0. The Hall–Kier alpha value is 0.01000. The van der Waals surface area contributed by atoms with E-state index in [1.807, 2.05) is 0 Å². The predicted octanol–water partition coefficient (Wildman–Crippen LogP) is 2.41. The van der Waals surface area contributed by atoms with Crippen LogP contribution in [0.5, 0.6) is 0 Å². The van der Waals surface area contributed by atoms with Crippen LogP contribution in [0.15, 0.2) is 18.2 Å². The van der Waals surface area contributed by atoms with Crippen molar-refractivity contribution >= 4 is 35.6 Å². The molecule has 0 aliphatic carbocycles. The van der Waals surface area contributed by atoms with Crippen molar-refractivity contribution in [3.63, 3.8) is 0 Å². The van der Waals surface area contributed by atoms with E-state index in [0.717, 1.165) is 0 Å². The standard InChI is InChI=1S/C8H9Cl2NO.ClH/c9-6-3-1-2-5(8(6)10)7(11)4-12;/h1-3,7,12H,4,11H2;1H/t7-;/m0./s1. The Morgan fingerprint density at radius 1 is 1.38 bits per heavy atom. The summed E-state index contributed by atoms with van der Waals surface area (Å²) >= 11 is 11.6. The van der Waals surface area contributed by atoms with Crippen LogP contribution in [0.1, 0.15) is 11.6 Å². The minimum Gasteiger partial charge on any atom is -0.394 e. The van der Waals surface area contributed by atoms with Crippen molar-refractivity contribution in [1.29, 1.82) is 0 Å². The van der Waals surface area contributed by atoms with Crippen molar-refractivity contribution in [2.45, 2.75) is 6.04 Å². The first kappa shape index (κ1) is 13.0. The SMILES string of the molecule is Cl.N[C@@H](CO)c1cccc(Cl)c1Cl. The average molecular weight is 243 g/mol. The maximum Gasteiger partial charge on any atom is 0.0640 e. The minimum absolute atomic E-state index is 0. The number of nitrogens with two attached hydrogens (primary N) is 1. The molecule has 0 bridgehead atoms. The van der Waals surface area contributed by atoms with Gasteiger partial charge >= 0.3 is 0 Å². The quantitative estimate of drug-likeness (QED) is 0.837. The zero-order valence-electron chi connectivity index (χ0n) is 6.71. The molecule has 0 aliphatic heterocycles. The van der Waals surface area contributed by atoms with Gasteiger partial charge in [-0.1, -0.05) is 35.3 Å². The molecular weight excluding hydrogens is 232 g/mol. The lowest BCUT2D eigenvalue weighted by molar-refractivity contribution is 0.268. The van der Waals surface area contributed by atoms with Crippen LogP contribution in [0.2, 0.25) is 10.0 Å². The highest BCUT2D eigenvalue weighted by Gasteiger charge is 2.10. The third-order valence-electron chi connectivity index (χ3n) is 1.58. The van der Waals surface area contributed by atoms with E-state index in [2.05, 4.69) is 0 Å². The maximum atomic E-state index is 8.78. The summed E-state index contributed by atoms with van der Waals surface area (Å²) in [6.07, 6.45) is 0. The average Bonchev–Trinajstić information content (AvgIpc) is 2.08. The molecule has 1 aromatic rings. The van der Waals surface area contributed by atoms with E-state index in [0.29, 0.717) is 15.6 Å². The van der Waals surface area contributed by atoms with Crippen LogP contribution in [0.3, 0.4) is 0 Å². The summed E-state index contributed by atoms with van der Waals surface area (Å²) in [6.45, 7) is -0.139. The molecule has 1 rings (SSSR count). The Morgan fingerprint density at radius 3 is 2.54 bits per heavy atom. The summed E-state index contributed by atoms with van der Waals surface area (Å²) in [5.74, 6) is 0. The van der Waals surface area contributed by atoms with Gasteiger partial charge in [0.2, 0.25) is 0 Å². The zero-order valence-corrected chi connectivity index (χ0v) is 9.03. The molecule has 0 spiro atoms. The van der Waals surface area contributed by atoms with E-state index >= 15 is 0 Å². The molecule has 13 heavy (non-hydrogen) atoms. The van der Waals surface area contributed by atoms with E-state index in [9.17, 15) is 0 Å². The van der Waals surface area contributed by atoms with E-state index in [4.69, 9.17) is 34.0 Å². The molecule has 0 heterocycles. The molecule has 0 unspecified atom stereocenters. The Labute approximate surface area is 93.1 Å². The van der Waals surface area contributed by atoms with Crippen molar-refractivity contribution in [2.24, 2.45) is 5.73 Å². The second-order valence-electron chi connectivity index (χ2n) is 2.43. The number of benzene rings is 1. The fraction of sp³-hybridized carbons (Fsp3) is 0.250. The Morgan fingerprint density at radius 2 is 2.00 bits per heavy atom. The Kier molecular flexibility index (Phi) is 5.68. The molecule has 0 fully saturated rings. The molecule has 0 aromatic heterocycles. The van der Waals surface area contributed by atoms with Crippen molar-refractivity contribution in [2.75, 3.05) is 6.61 Å². The fourth-order valence-corrected chi connectivity index (χ4v) is 1.35. The molecule has 1 aromatic carbocycles. The van der Waals surface area contributed by atoms with Gasteiger partial charge in [-0.2, -0.15) is 0 Å². The number of aliphatic hydroxyl groups excluding tert-OH is 1. The van der Waals surface area contributed by atoms with Gasteiger partial charge in [0.1, 0.15) is 0 Å². The van der Waals surface area contributed by atoms with E-state index in [-0.39, 0.29) is 19.0 Å². The van der Waals surface area contributed by atoms with Crippen LogP contribution in [0, 0.1) is 0 Å². The van der Waals surface area contributed by atoms with Crippen LogP contribution >= 0.6 is 35.6 Å². The van der Waals surface area contributed by atoms with Crippen LogP contribution in [-0.4, -0.2) is 11.7 Å². The number of hydrogen-bond acceptors (Lipinski definition) is 2. The van der Waals surface area contributed by atoms with E-state index in [1.54, 1.807) is 18.2 Å². The molecule has 74 valence electrons. The maximum absolute atomic E-state index is 8.78. The van der Waals surface area contributed by atoms with Crippen molar-refractivity contribution < 1.29 is 5.11 Å². The fourth-order valence-electron chi connectivity index (χ4n) is 0.905. The Balaban J connectivity index is 0.00000144. The molecule has 3 N–H and O–H groups in total. The largest absolute Gasteiger partial charge is 0.394 e. The molecule has 0 saturated carbocycles. The van der Waals surface area contributed by atoms with Gasteiger partial charge in [-0.05, 0) is 11.6 Å². The highest BCUT2D eigenvalue weighted by molar-refractivity contribution is 6.42. The number of aliphatic hydroxyl groups is 1. The van der Waals surface area contributed by atoms with Crippen molar-refractivity contribution in [3.05, 3.63) is 33.8 Å². The highest BCUT2D eigenvalue weighted by Crippen LogP contribution is 2.28.